The summed E-state index contributed by atoms with van der Waals surface area (Å²) in [5.74, 6) is -5.06. The van der Waals surface area contributed by atoms with Crippen molar-refractivity contribution in [1.82, 2.24) is 14.8 Å². The molecule has 0 bridgehead atoms. The Bertz CT molecular complexity index is 1390. The van der Waals surface area contributed by atoms with E-state index in [0.717, 1.165) is 9.80 Å². The highest BCUT2D eigenvalue weighted by molar-refractivity contribution is 6.11. The number of nitriles is 1. The normalized spacial score (nSPS) is 16.6. The Morgan fingerprint density at radius 3 is 2.69 bits per heavy atom. The van der Waals surface area contributed by atoms with Gasteiger partial charge in [0.2, 0.25) is 11.8 Å². The summed E-state index contributed by atoms with van der Waals surface area (Å²) < 4.78 is 27.4. The summed E-state index contributed by atoms with van der Waals surface area (Å²) >= 11 is 0. The predicted molar refractivity (Wildman–Crippen MR) is 123 cm³/mol. The van der Waals surface area contributed by atoms with Crippen LogP contribution >= 0.6 is 0 Å². The molecule has 10 heteroatoms. The van der Waals surface area contributed by atoms with Gasteiger partial charge in [0.15, 0.2) is 0 Å². The second kappa shape index (κ2) is 9.10. The van der Waals surface area contributed by atoms with Crippen molar-refractivity contribution in [3.05, 3.63) is 65.9 Å². The second-order valence-electron chi connectivity index (χ2n) is 8.40. The average molecular weight is 477 g/mol. The molecular weight excluding hydrogens is 456 g/mol. The molecule has 8 nitrogen and oxygen atoms in total. The van der Waals surface area contributed by atoms with Gasteiger partial charge in [0.05, 0.1) is 30.2 Å². The molecule has 0 spiro atoms. The largest absolute Gasteiger partial charge is 0.366 e. The monoisotopic (exact) mass is 477 g/mol. The molecule has 2 aromatic carbocycles. The number of para-hydroxylation sites is 1. The van der Waals surface area contributed by atoms with E-state index < -0.39 is 49.2 Å². The van der Waals surface area contributed by atoms with E-state index >= 15 is 0 Å². The lowest BCUT2D eigenvalue weighted by Gasteiger charge is -2.23. The fourth-order valence-corrected chi connectivity index (χ4v) is 4.23. The highest BCUT2D eigenvalue weighted by atomic mass is 19.3. The number of nitrogens with two attached hydrogens (primary N) is 1. The van der Waals surface area contributed by atoms with Gasteiger partial charge in [0.25, 0.3) is 11.8 Å². The lowest BCUT2D eigenvalue weighted by molar-refractivity contribution is -0.133. The van der Waals surface area contributed by atoms with Gasteiger partial charge in [-0.25, -0.2) is 8.78 Å². The van der Waals surface area contributed by atoms with Crippen molar-refractivity contribution in [2.75, 3.05) is 20.1 Å². The molecule has 1 aliphatic rings. The number of likely N-dealkylation sites (tertiary alicyclic amines) is 1. The van der Waals surface area contributed by atoms with Gasteiger partial charge in [-0.3, -0.25) is 19.4 Å². The Hall–Kier alpha value is -4.39. The highest BCUT2D eigenvalue weighted by Crippen LogP contribution is 2.32. The number of carbonyl (C=O) groups excluding carboxylic acids is 3. The first kappa shape index (κ1) is 23.8. The van der Waals surface area contributed by atoms with E-state index in [-0.39, 0.29) is 11.1 Å². The maximum Gasteiger partial charge on any atom is 0.268 e. The quantitative estimate of drug-likeness (QED) is 0.606. The number of primary amides is 1. The second-order valence-corrected chi connectivity index (χ2v) is 8.40. The summed E-state index contributed by atoms with van der Waals surface area (Å²) in [7, 11) is 1.37. The van der Waals surface area contributed by atoms with Crippen LogP contribution in [0.4, 0.5) is 8.78 Å². The molecule has 3 amide bonds. The SMILES string of the molecule is CN(CC(=O)N1CC(F)(F)CC1C#N)C(=O)c1cccc(-c2cnc3ccccc3c2C(N)=O)c1. The number of nitrogens with zero attached hydrogens (tertiary/aromatic N) is 4. The smallest absolute Gasteiger partial charge is 0.268 e. The van der Waals surface area contributed by atoms with Crippen LogP contribution in [0.3, 0.4) is 0 Å². The summed E-state index contributed by atoms with van der Waals surface area (Å²) in [5.41, 5.74) is 7.70. The molecule has 1 unspecified atom stereocenters. The number of pyridine rings is 1. The summed E-state index contributed by atoms with van der Waals surface area (Å²) in [6.45, 7) is -1.33. The number of hydrogen-bond donors (Lipinski definition) is 1. The zero-order chi connectivity index (χ0) is 25.3. The number of carbonyl (C=O) groups is 3. The minimum Gasteiger partial charge on any atom is -0.366 e. The van der Waals surface area contributed by atoms with Gasteiger partial charge in [0, 0.05) is 36.2 Å². The van der Waals surface area contributed by atoms with Crippen LogP contribution in [-0.2, 0) is 4.79 Å². The maximum absolute atomic E-state index is 13.7. The molecule has 0 saturated carbocycles. The van der Waals surface area contributed by atoms with Gasteiger partial charge < -0.3 is 15.5 Å². The summed E-state index contributed by atoms with van der Waals surface area (Å²) in [4.78, 5) is 44.2. The first-order valence-corrected chi connectivity index (χ1v) is 10.7. The number of amides is 3. The molecule has 1 aromatic heterocycles. The molecule has 0 aliphatic carbocycles. The minimum atomic E-state index is -3.14. The van der Waals surface area contributed by atoms with Crippen LogP contribution in [0.15, 0.2) is 54.7 Å². The molecule has 1 fully saturated rings. The molecule has 2 heterocycles. The van der Waals surface area contributed by atoms with E-state index in [4.69, 9.17) is 11.0 Å². The van der Waals surface area contributed by atoms with Crippen molar-refractivity contribution < 1.29 is 23.2 Å². The molecule has 35 heavy (non-hydrogen) atoms. The minimum absolute atomic E-state index is 0.213. The first-order valence-electron chi connectivity index (χ1n) is 10.7. The number of hydrogen-bond acceptors (Lipinski definition) is 5. The third kappa shape index (κ3) is 4.66. The first-order chi connectivity index (χ1) is 16.6. The molecule has 3 aromatic rings. The standard InChI is InChI=1S/C25H21F2N5O3/c1-31(13-21(33)32-14-25(26,27)10-17(32)11-28)24(35)16-6-4-5-15(9-16)19-12-30-20-8-3-2-7-18(20)22(19)23(29)34/h2-9,12,17H,10,13-14H2,1H3,(H2,29,34). The molecule has 1 atom stereocenters. The van der Waals surface area contributed by atoms with Crippen molar-refractivity contribution in [2.24, 2.45) is 5.73 Å². The van der Waals surface area contributed by atoms with E-state index in [1.807, 2.05) is 0 Å². The van der Waals surface area contributed by atoms with Crippen LogP contribution in [0.2, 0.25) is 0 Å². The van der Waals surface area contributed by atoms with Crippen LogP contribution in [0.5, 0.6) is 0 Å². The Morgan fingerprint density at radius 2 is 1.97 bits per heavy atom. The van der Waals surface area contributed by atoms with Gasteiger partial charge in [-0.15, -0.1) is 0 Å². The number of likely N-dealkylation sites (N-methyl/N-ethyl adjacent to an activating group) is 1. The van der Waals surface area contributed by atoms with Crippen LogP contribution in [-0.4, -0.2) is 64.6 Å². The number of halogens is 2. The van der Waals surface area contributed by atoms with Gasteiger partial charge in [-0.05, 0) is 23.8 Å². The van der Waals surface area contributed by atoms with Gasteiger partial charge >= 0.3 is 0 Å². The number of aromatic nitrogens is 1. The van der Waals surface area contributed by atoms with Gasteiger partial charge in [-0.2, -0.15) is 5.26 Å². The molecular formula is C25H21F2N5O3. The van der Waals surface area contributed by atoms with Crippen molar-refractivity contribution in [3.63, 3.8) is 0 Å². The molecule has 178 valence electrons. The zero-order valence-corrected chi connectivity index (χ0v) is 18.7. The average Bonchev–Trinajstić information content (AvgIpc) is 3.17. The van der Waals surface area contributed by atoms with Crippen LogP contribution in [0.25, 0.3) is 22.0 Å². The molecule has 2 N–H and O–H groups in total. The molecule has 1 saturated heterocycles. The van der Waals surface area contributed by atoms with Crippen molar-refractivity contribution in [3.8, 4) is 17.2 Å². The van der Waals surface area contributed by atoms with E-state index in [9.17, 15) is 23.2 Å². The fraction of sp³-hybridized carbons (Fsp3) is 0.240. The highest BCUT2D eigenvalue weighted by Gasteiger charge is 2.47. The van der Waals surface area contributed by atoms with Gasteiger partial charge in [0.1, 0.15) is 6.04 Å². The topological polar surface area (TPSA) is 120 Å². The summed E-state index contributed by atoms with van der Waals surface area (Å²) in [5, 5.41) is 9.68. The molecule has 4 rings (SSSR count). The lowest BCUT2D eigenvalue weighted by atomic mass is 9.96. The number of fused-ring (bicyclic) bond motifs is 1. The molecule has 1 aliphatic heterocycles. The van der Waals surface area contributed by atoms with Crippen LogP contribution in [0, 0.1) is 11.3 Å². The predicted octanol–water partition coefficient (Wildman–Crippen LogP) is 2.83. The summed E-state index contributed by atoms with van der Waals surface area (Å²) in [6.07, 6.45) is 0.784. The van der Waals surface area contributed by atoms with Crippen molar-refractivity contribution in [2.45, 2.75) is 18.4 Å². The fourth-order valence-electron chi connectivity index (χ4n) is 4.23. The molecule has 0 radical (unpaired) electrons. The number of benzene rings is 2. The maximum atomic E-state index is 13.7. The number of rotatable bonds is 5. The van der Waals surface area contributed by atoms with Crippen LogP contribution in [0.1, 0.15) is 27.1 Å². The third-order valence-corrected chi connectivity index (χ3v) is 5.90. The van der Waals surface area contributed by atoms with Crippen molar-refractivity contribution >= 4 is 28.6 Å². The Morgan fingerprint density at radius 1 is 1.23 bits per heavy atom. The van der Waals surface area contributed by atoms with Crippen LogP contribution < -0.4 is 5.73 Å². The van der Waals surface area contributed by atoms with E-state index in [0.29, 0.717) is 22.0 Å². The van der Waals surface area contributed by atoms with E-state index in [1.54, 1.807) is 48.5 Å². The Labute approximate surface area is 199 Å². The van der Waals surface area contributed by atoms with Gasteiger partial charge in [-0.1, -0.05) is 30.3 Å². The number of alkyl halides is 2. The van der Waals surface area contributed by atoms with E-state index in [1.165, 1.54) is 19.3 Å². The zero-order valence-electron chi connectivity index (χ0n) is 18.7. The van der Waals surface area contributed by atoms with Crippen molar-refractivity contribution in [1.29, 1.82) is 5.26 Å². The Kier molecular flexibility index (Phi) is 6.18. The Balaban J connectivity index is 1.59. The van der Waals surface area contributed by atoms with E-state index in [2.05, 4.69) is 4.98 Å². The third-order valence-electron chi connectivity index (χ3n) is 5.90. The lowest BCUT2D eigenvalue weighted by Crippen LogP contribution is -2.43. The summed E-state index contributed by atoms with van der Waals surface area (Å²) in [6, 6.07) is 13.9.